The van der Waals surface area contributed by atoms with Gasteiger partial charge in [0.05, 0.1) is 12.5 Å². The average Bonchev–Trinajstić information content (AvgIpc) is 2.24. The highest BCUT2D eigenvalue weighted by molar-refractivity contribution is 5.78. The Balaban J connectivity index is 2.15. The summed E-state index contributed by atoms with van der Waals surface area (Å²) in [5.41, 5.74) is 0. The van der Waals surface area contributed by atoms with Crippen molar-refractivity contribution in [1.82, 2.24) is 10.6 Å². The van der Waals surface area contributed by atoms with Gasteiger partial charge in [-0.25, -0.2) is 0 Å². The Morgan fingerprint density at radius 3 is 3.00 bits per heavy atom. The molecule has 2 unspecified atom stereocenters. The van der Waals surface area contributed by atoms with Gasteiger partial charge in [0.2, 0.25) is 5.91 Å². The second kappa shape index (κ2) is 6.80. The lowest BCUT2D eigenvalue weighted by atomic mass is 9.91. The summed E-state index contributed by atoms with van der Waals surface area (Å²) >= 11 is 0. The van der Waals surface area contributed by atoms with E-state index in [0.717, 1.165) is 19.5 Å². The van der Waals surface area contributed by atoms with Gasteiger partial charge in [-0.05, 0) is 25.8 Å². The van der Waals surface area contributed by atoms with Crippen molar-refractivity contribution < 1.29 is 9.53 Å². The first-order valence-electron chi connectivity index (χ1n) is 5.80. The molecule has 0 bridgehead atoms. The number of nitrogens with one attached hydrogen (secondary N) is 2. The molecule has 4 heteroatoms. The molecule has 0 spiro atoms. The zero-order valence-corrected chi connectivity index (χ0v) is 9.71. The van der Waals surface area contributed by atoms with Crippen molar-refractivity contribution in [3.63, 3.8) is 0 Å². The second-order valence-corrected chi connectivity index (χ2v) is 4.18. The lowest BCUT2D eigenvalue weighted by molar-refractivity contribution is -0.126. The SMILES string of the molecule is CCOCCNC(=O)C1CNCC(C)C1. The second-order valence-electron chi connectivity index (χ2n) is 4.18. The van der Waals surface area contributed by atoms with Crippen LogP contribution >= 0.6 is 0 Å². The summed E-state index contributed by atoms with van der Waals surface area (Å²) in [6.45, 7) is 7.90. The number of carbonyl (C=O) groups is 1. The molecule has 0 aromatic carbocycles. The predicted octanol–water partition coefficient (Wildman–Crippen LogP) is 0.385. The van der Waals surface area contributed by atoms with Gasteiger partial charge in [0.1, 0.15) is 0 Å². The van der Waals surface area contributed by atoms with Crippen LogP contribution < -0.4 is 10.6 Å². The highest BCUT2D eigenvalue weighted by Crippen LogP contribution is 2.15. The molecule has 1 heterocycles. The Bertz CT molecular complexity index is 197. The smallest absolute Gasteiger partial charge is 0.224 e. The van der Waals surface area contributed by atoms with Crippen LogP contribution in [0, 0.1) is 11.8 Å². The number of hydrogen-bond donors (Lipinski definition) is 2. The van der Waals surface area contributed by atoms with Crippen LogP contribution in [0.2, 0.25) is 0 Å². The maximum Gasteiger partial charge on any atom is 0.224 e. The third kappa shape index (κ3) is 4.62. The van der Waals surface area contributed by atoms with Crippen LogP contribution in [0.5, 0.6) is 0 Å². The molecule has 1 amide bonds. The highest BCUT2D eigenvalue weighted by atomic mass is 16.5. The molecule has 0 radical (unpaired) electrons. The topological polar surface area (TPSA) is 50.4 Å². The van der Waals surface area contributed by atoms with Gasteiger partial charge in [0, 0.05) is 19.7 Å². The van der Waals surface area contributed by atoms with Crippen LogP contribution in [0.1, 0.15) is 20.3 Å². The maximum absolute atomic E-state index is 11.7. The van der Waals surface area contributed by atoms with Crippen molar-refractivity contribution in [2.75, 3.05) is 32.8 Å². The molecule has 0 aliphatic carbocycles. The van der Waals surface area contributed by atoms with E-state index >= 15 is 0 Å². The molecule has 2 atom stereocenters. The Labute approximate surface area is 91.8 Å². The van der Waals surface area contributed by atoms with E-state index in [1.165, 1.54) is 0 Å². The lowest BCUT2D eigenvalue weighted by Crippen LogP contribution is -2.44. The largest absolute Gasteiger partial charge is 0.380 e. The monoisotopic (exact) mass is 214 g/mol. The van der Waals surface area contributed by atoms with Crippen molar-refractivity contribution in [2.45, 2.75) is 20.3 Å². The summed E-state index contributed by atoms with van der Waals surface area (Å²) in [5.74, 6) is 0.894. The zero-order valence-electron chi connectivity index (χ0n) is 9.71. The fourth-order valence-corrected chi connectivity index (χ4v) is 1.89. The minimum atomic E-state index is 0.135. The summed E-state index contributed by atoms with van der Waals surface area (Å²) in [5, 5.41) is 6.18. The molecule has 0 aromatic heterocycles. The quantitative estimate of drug-likeness (QED) is 0.651. The number of hydrogen-bond acceptors (Lipinski definition) is 3. The van der Waals surface area contributed by atoms with E-state index < -0.39 is 0 Å². The number of amides is 1. The molecule has 2 N–H and O–H groups in total. The van der Waals surface area contributed by atoms with Crippen LogP contribution in [0.3, 0.4) is 0 Å². The molecule has 88 valence electrons. The summed E-state index contributed by atoms with van der Waals surface area (Å²) in [6.07, 6.45) is 0.994. The lowest BCUT2D eigenvalue weighted by Gasteiger charge is -2.26. The number of rotatable bonds is 5. The molecule has 0 saturated carbocycles. The minimum absolute atomic E-state index is 0.135. The molecule has 1 aliphatic rings. The van der Waals surface area contributed by atoms with E-state index in [1.54, 1.807) is 0 Å². The van der Waals surface area contributed by atoms with E-state index in [1.807, 2.05) is 6.92 Å². The van der Waals surface area contributed by atoms with Gasteiger partial charge in [-0.1, -0.05) is 6.92 Å². The van der Waals surface area contributed by atoms with Gasteiger partial charge < -0.3 is 15.4 Å². The molecule has 0 aromatic rings. The van der Waals surface area contributed by atoms with Gasteiger partial charge >= 0.3 is 0 Å². The fourth-order valence-electron chi connectivity index (χ4n) is 1.89. The van der Waals surface area contributed by atoms with Crippen molar-refractivity contribution >= 4 is 5.91 Å². The first-order valence-corrected chi connectivity index (χ1v) is 5.80. The minimum Gasteiger partial charge on any atom is -0.380 e. The van der Waals surface area contributed by atoms with E-state index in [9.17, 15) is 4.79 Å². The normalized spacial score (nSPS) is 26.3. The van der Waals surface area contributed by atoms with Gasteiger partial charge in [-0.3, -0.25) is 4.79 Å². The van der Waals surface area contributed by atoms with Crippen molar-refractivity contribution in [3.8, 4) is 0 Å². The Morgan fingerprint density at radius 1 is 1.53 bits per heavy atom. The molecule has 1 aliphatic heterocycles. The standard InChI is InChI=1S/C11H22N2O2/c1-3-15-5-4-13-11(14)10-6-9(2)7-12-8-10/h9-10,12H,3-8H2,1-2H3,(H,13,14). The van der Waals surface area contributed by atoms with Gasteiger partial charge in [-0.2, -0.15) is 0 Å². The molecule has 1 fully saturated rings. The number of ether oxygens (including phenoxy) is 1. The number of carbonyl (C=O) groups excluding carboxylic acids is 1. The number of piperidine rings is 1. The van der Waals surface area contributed by atoms with Crippen LogP contribution in [-0.4, -0.2) is 38.8 Å². The summed E-state index contributed by atoms with van der Waals surface area (Å²) < 4.78 is 5.16. The van der Waals surface area contributed by atoms with E-state index in [0.29, 0.717) is 25.7 Å². The maximum atomic E-state index is 11.7. The molecule has 4 nitrogen and oxygen atoms in total. The first-order chi connectivity index (χ1) is 7.24. The first kappa shape index (κ1) is 12.5. The highest BCUT2D eigenvalue weighted by Gasteiger charge is 2.24. The van der Waals surface area contributed by atoms with E-state index in [2.05, 4.69) is 17.6 Å². The van der Waals surface area contributed by atoms with Crippen molar-refractivity contribution in [3.05, 3.63) is 0 Å². The van der Waals surface area contributed by atoms with Crippen molar-refractivity contribution in [2.24, 2.45) is 11.8 Å². The molecule has 1 rings (SSSR count). The summed E-state index contributed by atoms with van der Waals surface area (Å²) in [6, 6.07) is 0. The van der Waals surface area contributed by atoms with Crippen LogP contribution in [0.4, 0.5) is 0 Å². The Hall–Kier alpha value is -0.610. The average molecular weight is 214 g/mol. The molecular formula is C11H22N2O2. The Kier molecular flexibility index (Phi) is 5.65. The van der Waals surface area contributed by atoms with Crippen LogP contribution in [-0.2, 0) is 9.53 Å². The summed E-state index contributed by atoms with van der Waals surface area (Å²) in [4.78, 5) is 11.7. The van der Waals surface area contributed by atoms with Crippen molar-refractivity contribution in [1.29, 1.82) is 0 Å². The predicted molar refractivity (Wildman–Crippen MR) is 59.6 cm³/mol. The van der Waals surface area contributed by atoms with Gasteiger partial charge in [-0.15, -0.1) is 0 Å². The fraction of sp³-hybridized carbons (Fsp3) is 0.909. The van der Waals surface area contributed by atoms with Crippen LogP contribution in [0.15, 0.2) is 0 Å². The third-order valence-corrected chi connectivity index (χ3v) is 2.69. The molecule has 1 saturated heterocycles. The third-order valence-electron chi connectivity index (χ3n) is 2.69. The van der Waals surface area contributed by atoms with E-state index in [4.69, 9.17) is 4.74 Å². The van der Waals surface area contributed by atoms with Crippen LogP contribution in [0.25, 0.3) is 0 Å². The van der Waals surface area contributed by atoms with Gasteiger partial charge in [0.15, 0.2) is 0 Å². The molecule has 15 heavy (non-hydrogen) atoms. The van der Waals surface area contributed by atoms with Gasteiger partial charge in [0.25, 0.3) is 0 Å². The summed E-state index contributed by atoms with van der Waals surface area (Å²) in [7, 11) is 0. The molecular weight excluding hydrogens is 192 g/mol. The van der Waals surface area contributed by atoms with E-state index in [-0.39, 0.29) is 11.8 Å². The zero-order chi connectivity index (χ0) is 11.1. The Morgan fingerprint density at radius 2 is 2.33 bits per heavy atom.